The lowest BCUT2D eigenvalue weighted by atomic mass is 9.89. The summed E-state index contributed by atoms with van der Waals surface area (Å²) in [6, 6.07) is 4.49. The van der Waals surface area contributed by atoms with Gasteiger partial charge in [-0.15, -0.1) is 0 Å². The number of hydrogen-bond acceptors (Lipinski definition) is 4. The quantitative estimate of drug-likeness (QED) is 0.692. The fraction of sp³-hybridized carbons (Fsp3) is 0.444. The van der Waals surface area contributed by atoms with Gasteiger partial charge in [0.1, 0.15) is 12.1 Å². The number of rotatable bonds is 4. The Morgan fingerprint density at radius 3 is 2.69 bits per heavy atom. The van der Waals surface area contributed by atoms with Crippen LogP contribution in [0.4, 0.5) is 9.59 Å². The summed E-state index contributed by atoms with van der Waals surface area (Å²) in [6.45, 7) is 3.19. The van der Waals surface area contributed by atoms with E-state index in [0.29, 0.717) is 12.1 Å². The zero-order valence-electron chi connectivity index (χ0n) is 14.8. The highest BCUT2D eigenvalue weighted by Gasteiger charge is 2.49. The fourth-order valence-electron chi connectivity index (χ4n) is 3.43. The lowest BCUT2D eigenvalue weighted by Gasteiger charge is -2.23. The van der Waals surface area contributed by atoms with Gasteiger partial charge < -0.3 is 10.6 Å². The molecule has 1 saturated heterocycles. The van der Waals surface area contributed by atoms with Crippen LogP contribution in [0.3, 0.4) is 0 Å². The molecule has 0 saturated carbocycles. The van der Waals surface area contributed by atoms with E-state index in [-0.39, 0.29) is 0 Å². The Bertz CT molecular complexity index is 791. The van der Waals surface area contributed by atoms with E-state index in [1.54, 1.807) is 13.8 Å². The molecule has 1 aromatic rings. The highest BCUT2D eigenvalue weighted by Crippen LogP contribution is 2.32. The second-order valence-corrected chi connectivity index (χ2v) is 6.69. The van der Waals surface area contributed by atoms with Crippen molar-refractivity contribution in [3.8, 4) is 0 Å². The Kier molecular flexibility index (Phi) is 4.67. The molecule has 2 aliphatic rings. The van der Waals surface area contributed by atoms with Crippen LogP contribution in [-0.4, -0.2) is 41.9 Å². The molecular formula is C18H22N4O4. The zero-order chi connectivity index (χ0) is 18.9. The fourth-order valence-corrected chi connectivity index (χ4v) is 3.43. The first-order valence-electron chi connectivity index (χ1n) is 8.69. The summed E-state index contributed by atoms with van der Waals surface area (Å²) in [4.78, 5) is 49.3. The van der Waals surface area contributed by atoms with Gasteiger partial charge in [-0.1, -0.05) is 18.2 Å². The minimum atomic E-state index is -1.22. The van der Waals surface area contributed by atoms with Gasteiger partial charge in [-0.25, -0.2) is 9.59 Å². The number of carbonyl (C=O) groups is 4. The van der Waals surface area contributed by atoms with Gasteiger partial charge in [0, 0.05) is 6.54 Å². The van der Waals surface area contributed by atoms with Gasteiger partial charge in [0.2, 0.25) is 5.91 Å². The van der Waals surface area contributed by atoms with Gasteiger partial charge in [-0.3, -0.25) is 19.8 Å². The molecule has 0 bridgehead atoms. The van der Waals surface area contributed by atoms with Crippen LogP contribution in [0.25, 0.3) is 0 Å². The van der Waals surface area contributed by atoms with E-state index < -0.39 is 36.0 Å². The Labute approximate surface area is 151 Å². The average Bonchev–Trinajstić information content (AvgIpc) is 3.13. The second kappa shape index (κ2) is 6.78. The predicted molar refractivity (Wildman–Crippen MR) is 93.3 cm³/mol. The first-order chi connectivity index (χ1) is 12.3. The third kappa shape index (κ3) is 3.14. The zero-order valence-corrected chi connectivity index (χ0v) is 14.8. The summed E-state index contributed by atoms with van der Waals surface area (Å²) in [5.41, 5.74) is 1.94. The summed E-state index contributed by atoms with van der Waals surface area (Å²) in [5.74, 6) is -1.23. The van der Waals surface area contributed by atoms with Crippen molar-refractivity contribution in [1.82, 2.24) is 20.9 Å². The number of aryl methyl sites for hydroxylation is 2. The van der Waals surface area contributed by atoms with Crippen molar-refractivity contribution < 1.29 is 19.2 Å². The van der Waals surface area contributed by atoms with Gasteiger partial charge in [0.25, 0.3) is 5.91 Å². The van der Waals surface area contributed by atoms with Gasteiger partial charge in [0.05, 0.1) is 0 Å². The molecule has 1 aromatic carbocycles. The number of nitrogens with one attached hydrogen (secondary N) is 3. The molecule has 0 radical (unpaired) electrons. The molecule has 1 aliphatic carbocycles. The number of carbonyl (C=O) groups excluding carboxylic acids is 4. The monoisotopic (exact) mass is 358 g/mol. The highest BCUT2D eigenvalue weighted by molar-refractivity contribution is 6.10. The second-order valence-electron chi connectivity index (χ2n) is 6.69. The van der Waals surface area contributed by atoms with Crippen LogP contribution < -0.4 is 16.0 Å². The molecule has 3 rings (SSSR count). The van der Waals surface area contributed by atoms with Crippen LogP contribution in [0, 0.1) is 0 Å². The number of nitrogens with zero attached hydrogens (tertiary/aromatic N) is 1. The van der Waals surface area contributed by atoms with E-state index in [0.717, 1.165) is 24.2 Å². The summed E-state index contributed by atoms with van der Waals surface area (Å²) < 4.78 is 0. The van der Waals surface area contributed by atoms with Gasteiger partial charge in [0.15, 0.2) is 0 Å². The largest absolute Gasteiger partial charge is 0.338 e. The van der Waals surface area contributed by atoms with Crippen LogP contribution in [0.15, 0.2) is 18.2 Å². The van der Waals surface area contributed by atoms with Crippen molar-refractivity contribution in [2.75, 3.05) is 13.1 Å². The molecule has 8 nitrogen and oxygen atoms in total. The normalized spacial score (nSPS) is 21.4. The Morgan fingerprint density at radius 2 is 1.96 bits per heavy atom. The smallest absolute Gasteiger partial charge is 0.325 e. The molecule has 3 N–H and O–H groups in total. The molecule has 6 amide bonds. The first-order valence-corrected chi connectivity index (χ1v) is 8.69. The third-order valence-electron chi connectivity index (χ3n) is 4.84. The molecule has 1 fully saturated rings. The van der Waals surface area contributed by atoms with E-state index in [9.17, 15) is 19.2 Å². The summed E-state index contributed by atoms with van der Waals surface area (Å²) in [5, 5.41) is 7.18. The van der Waals surface area contributed by atoms with Crippen LogP contribution in [-0.2, 0) is 28.0 Å². The molecule has 1 heterocycles. The third-order valence-corrected chi connectivity index (χ3v) is 4.84. The molecule has 26 heavy (non-hydrogen) atoms. The van der Waals surface area contributed by atoms with E-state index >= 15 is 0 Å². The Balaban J connectivity index is 1.75. The van der Waals surface area contributed by atoms with Crippen molar-refractivity contribution in [2.45, 2.75) is 38.6 Å². The molecule has 138 valence electrons. The Morgan fingerprint density at radius 1 is 1.23 bits per heavy atom. The van der Waals surface area contributed by atoms with Gasteiger partial charge >= 0.3 is 12.1 Å². The van der Waals surface area contributed by atoms with Gasteiger partial charge in [-0.05, 0) is 49.8 Å². The standard InChI is InChI=1S/C18H22N4O4/c1-3-19-16(25)20-14(23)10-22-15(24)18(2,21-17(22)26)13-8-7-11-5-4-6-12(11)9-13/h7-9H,3-6,10H2,1-2H3,(H,21,26)(H2,19,20,23,25)/t18-/m1/s1. The van der Waals surface area contributed by atoms with Crippen molar-refractivity contribution in [2.24, 2.45) is 0 Å². The van der Waals surface area contributed by atoms with Crippen LogP contribution in [0.5, 0.6) is 0 Å². The number of amides is 6. The number of imide groups is 2. The van der Waals surface area contributed by atoms with E-state index in [1.165, 1.54) is 11.1 Å². The number of hydrogen-bond donors (Lipinski definition) is 3. The van der Waals surface area contributed by atoms with Crippen molar-refractivity contribution in [1.29, 1.82) is 0 Å². The summed E-state index contributed by atoms with van der Waals surface area (Å²) >= 11 is 0. The molecule has 1 aliphatic heterocycles. The lowest BCUT2D eigenvalue weighted by molar-refractivity contribution is -0.134. The van der Waals surface area contributed by atoms with Gasteiger partial charge in [-0.2, -0.15) is 0 Å². The van der Waals surface area contributed by atoms with Crippen molar-refractivity contribution in [3.63, 3.8) is 0 Å². The molecular weight excluding hydrogens is 336 g/mol. The molecule has 0 unspecified atom stereocenters. The van der Waals surface area contributed by atoms with Crippen LogP contribution in [0.2, 0.25) is 0 Å². The summed E-state index contributed by atoms with van der Waals surface area (Å²) in [7, 11) is 0. The van der Waals surface area contributed by atoms with E-state index in [2.05, 4.69) is 16.0 Å². The van der Waals surface area contributed by atoms with Crippen LogP contribution >= 0.6 is 0 Å². The molecule has 0 aromatic heterocycles. The minimum Gasteiger partial charge on any atom is -0.338 e. The minimum absolute atomic E-state index is 0.360. The number of urea groups is 2. The topological polar surface area (TPSA) is 108 Å². The lowest BCUT2D eigenvalue weighted by Crippen LogP contribution is -2.46. The SMILES string of the molecule is CCNC(=O)NC(=O)CN1C(=O)N[C@](C)(c2ccc3c(c2)CCC3)C1=O. The molecule has 0 spiro atoms. The molecule has 8 heteroatoms. The predicted octanol–water partition coefficient (Wildman–Crippen LogP) is 0.788. The summed E-state index contributed by atoms with van der Waals surface area (Å²) in [6.07, 6.45) is 3.07. The maximum absolute atomic E-state index is 12.8. The number of fused-ring (bicyclic) bond motifs is 1. The van der Waals surface area contributed by atoms with E-state index in [4.69, 9.17) is 0 Å². The van der Waals surface area contributed by atoms with Crippen molar-refractivity contribution >= 4 is 23.9 Å². The van der Waals surface area contributed by atoms with Crippen LogP contribution in [0.1, 0.15) is 37.0 Å². The highest BCUT2D eigenvalue weighted by atomic mass is 16.2. The number of benzene rings is 1. The average molecular weight is 358 g/mol. The maximum atomic E-state index is 12.8. The Hall–Kier alpha value is -2.90. The first kappa shape index (κ1) is 17.9. The van der Waals surface area contributed by atoms with E-state index in [1.807, 2.05) is 18.2 Å². The maximum Gasteiger partial charge on any atom is 0.325 e. The molecule has 1 atom stereocenters. The van der Waals surface area contributed by atoms with Crippen molar-refractivity contribution in [3.05, 3.63) is 34.9 Å².